The molecule has 180 valence electrons. The molecule has 2 atom stereocenters. The van der Waals surface area contributed by atoms with Gasteiger partial charge in [-0.2, -0.15) is 0 Å². The highest BCUT2D eigenvalue weighted by Crippen LogP contribution is 2.64. The third-order valence-corrected chi connectivity index (χ3v) is 10.9. The van der Waals surface area contributed by atoms with Gasteiger partial charge in [-0.1, -0.05) is 87.4 Å². The van der Waals surface area contributed by atoms with Crippen molar-refractivity contribution in [2.75, 3.05) is 4.90 Å². The number of fused-ring (bicyclic) bond motifs is 10. The molecule has 4 aliphatic rings. The van der Waals surface area contributed by atoms with Crippen LogP contribution in [0.4, 0.5) is 11.4 Å². The fourth-order valence-electron chi connectivity index (χ4n) is 9.63. The summed E-state index contributed by atoms with van der Waals surface area (Å²) in [6, 6.07) is 30.5. The summed E-state index contributed by atoms with van der Waals surface area (Å²) in [5, 5.41) is 2.73. The summed E-state index contributed by atoms with van der Waals surface area (Å²) in [5.74, 6) is 0. The summed E-state index contributed by atoms with van der Waals surface area (Å²) in [5.41, 5.74) is 13.6. The fourth-order valence-corrected chi connectivity index (χ4v) is 9.63. The first-order valence-corrected chi connectivity index (χ1v) is 14.3. The molecule has 1 saturated carbocycles. The van der Waals surface area contributed by atoms with E-state index in [4.69, 9.17) is 0 Å². The van der Waals surface area contributed by atoms with Crippen LogP contribution in [-0.2, 0) is 5.41 Å². The summed E-state index contributed by atoms with van der Waals surface area (Å²) in [4.78, 5) is 2.88. The standard InChI is InChI=1S/C34H31BN2/c1-3-33-20-7-8-21-34(33,4-2)37-29-19-11-18-28-30(29)35(26-16-10-14-24(33)32(26)37)25-15-9-13-23-22-12-5-6-17-27(22)36(28)31(23)25/h5-6,9-19H,3-4,7-8,20-21H2,1-2H3. The van der Waals surface area contributed by atoms with E-state index in [1.807, 2.05) is 0 Å². The minimum atomic E-state index is 0.156. The van der Waals surface area contributed by atoms with Crippen molar-refractivity contribution in [3.8, 4) is 5.69 Å². The first kappa shape index (κ1) is 20.6. The molecule has 0 spiro atoms. The number of nitrogens with zero attached hydrogens (tertiary/aromatic N) is 2. The Labute approximate surface area is 219 Å². The molecule has 4 heterocycles. The Hall–Kier alpha value is -3.46. The van der Waals surface area contributed by atoms with E-state index in [1.165, 1.54) is 88.1 Å². The maximum absolute atomic E-state index is 2.88. The number of aromatic nitrogens is 1. The lowest BCUT2D eigenvalue weighted by atomic mass is 9.33. The highest BCUT2D eigenvalue weighted by Gasteiger charge is 2.63. The molecule has 4 aromatic carbocycles. The van der Waals surface area contributed by atoms with Gasteiger partial charge in [0.15, 0.2) is 0 Å². The monoisotopic (exact) mass is 478 g/mol. The molecule has 1 aliphatic carbocycles. The van der Waals surface area contributed by atoms with E-state index in [0.29, 0.717) is 0 Å². The van der Waals surface area contributed by atoms with E-state index in [2.05, 4.69) is 102 Å². The average Bonchev–Trinajstić information content (AvgIpc) is 3.43. The first-order valence-electron chi connectivity index (χ1n) is 14.3. The zero-order valence-electron chi connectivity index (χ0n) is 21.7. The van der Waals surface area contributed by atoms with Gasteiger partial charge in [0.1, 0.15) is 0 Å². The van der Waals surface area contributed by atoms with Gasteiger partial charge in [0.25, 0.3) is 6.71 Å². The smallest absolute Gasteiger partial charge is 0.252 e. The summed E-state index contributed by atoms with van der Waals surface area (Å²) in [6.45, 7) is 5.20. The maximum atomic E-state index is 2.88. The lowest BCUT2D eigenvalue weighted by Gasteiger charge is -2.55. The largest absolute Gasteiger partial charge is 0.335 e. The van der Waals surface area contributed by atoms with Gasteiger partial charge in [-0.25, -0.2) is 0 Å². The molecule has 9 rings (SSSR count). The van der Waals surface area contributed by atoms with Crippen molar-refractivity contribution in [1.82, 2.24) is 4.57 Å². The van der Waals surface area contributed by atoms with E-state index in [-0.39, 0.29) is 17.7 Å². The zero-order valence-corrected chi connectivity index (χ0v) is 21.7. The van der Waals surface area contributed by atoms with Crippen molar-refractivity contribution in [3.63, 3.8) is 0 Å². The summed E-state index contributed by atoms with van der Waals surface area (Å²) in [7, 11) is 0. The van der Waals surface area contributed by atoms with Crippen LogP contribution in [0, 0.1) is 0 Å². The van der Waals surface area contributed by atoms with E-state index in [9.17, 15) is 0 Å². The van der Waals surface area contributed by atoms with Gasteiger partial charge in [0, 0.05) is 38.8 Å². The quantitative estimate of drug-likeness (QED) is 0.260. The van der Waals surface area contributed by atoms with Gasteiger partial charge in [0.2, 0.25) is 0 Å². The Morgan fingerprint density at radius 2 is 1.49 bits per heavy atom. The van der Waals surface area contributed by atoms with Crippen LogP contribution >= 0.6 is 0 Å². The second kappa shape index (κ2) is 6.70. The molecule has 5 aromatic rings. The fraction of sp³-hybridized carbons (Fsp3) is 0.294. The molecule has 1 fully saturated rings. The van der Waals surface area contributed by atoms with Gasteiger partial charge >= 0.3 is 0 Å². The van der Waals surface area contributed by atoms with Crippen molar-refractivity contribution in [1.29, 1.82) is 0 Å². The SMILES string of the molecule is CCC12CCCCC1(CC)N1c3cccc4c3B(c3cccc2c31)c1cccc2c3ccccc3n-4c12. The number of anilines is 2. The maximum Gasteiger partial charge on any atom is 0.252 e. The van der Waals surface area contributed by atoms with E-state index >= 15 is 0 Å². The zero-order chi connectivity index (χ0) is 24.5. The van der Waals surface area contributed by atoms with Gasteiger partial charge in [0.05, 0.1) is 11.1 Å². The van der Waals surface area contributed by atoms with Gasteiger partial charge in [-0.15, -0.1) is 0 Å². The molecule has 2 nitrogen and oxygen atoms in total. The lowest BCUT2D eigenvalue weighted by Crippen LogP contribution is -2.64. The number of hydrogen-bond donors (Lipinski definition) is 0. The molecule has 0 bridgehead atoms. The highest BCUT2D eigenvalue weighted by molar-refractivity contribution is 7.00. The molecule has 37 heavy (non-hydrogen) atoms. The molecular formula is C34H31BN2. The van der Waals surface area contributed by atoms with Crippen LogP contribution in [0.2, 0.25) is 0 Å². The Bertz CT molecular complexity index is 1800. The lowest BCUT2D eigenvalue weighted by molar-refractivity contribution is 0.147. The van der Waals surface area contributed by atoms with E-state index in [0.717, 1.165) is 0 Å². The predicted octanol–water partition coefficient (Wildman–Crippen LogP) is 6.45. The Balaban J connectivity index is 1.48. The molecule has 0 saturated heterocycles. The van der Waals surface area contributed by atoms with Crippen LogP contribution < -0.4 is 21.3 Å². The molecule has 1 aromatic heterocycles. The van der Waals surface area contributed by atoms with Crippen LogP contribution in [-0.4, -0.2) is 16.8 Å². The van der Waals surface area contributed by atoms with Crippen LogP contribution in [0.5, 0.6) is 0 Å². The topological polar surface area (TPSA) is 8.17 Å². The Kier molecular flexibility index (Phi) is 3.73. The van der Waals surface area contributed by atoms with Crippen molar-refractivity contribution in [3.05, 3.63) is 84.4 Å². The van der Waals surface area contributed by atoms with Crippen LogP contribution in [0.15, 0.2) is 78.9 Å². The Morgan fingerprint density at radius 3 is 2.38 bits per heavy atom. The second-order valence-corrected chi connectivity index (χ2v) is 11.8. The van der Waals surface area contributed by atoms with Crippen molar-refractivity contribution in [2.24, 2.45) is 0 Å². The molecule has 3 aliphatic heterocycles. The minimum Gasteiger partial charge on any atom is -0.335 e. The molecule has 2 unspecified atom stereocenters. The number of hydrogen-bond acceptors (Lipinski definition) is 1. The van der Waals surface area contributed by atoms with Crippen LogP contribution in [0.3, 0.4) is 0 Å². The normalized spacial score (nSPS) is 24.4. The summed E-state index contributed by atoms with van der Waals surface area (Å²) < 4.78 is 2.58. The molecule has 0 amide bonds. The predicted molar refractivity (Wildman–Crippen MR) is 157 cm³/mol. The third-order valence-electron chi connectivity index (χ3n) is 10.9. The first-order chi connectivity index (χ1) is 18.3. The minimum absolute atomic E-state index is 0.156. The van der Waals surface area contributed by atoms with Crippen molar-refractivity contribution < 1.29 is 0 Å². The number of para-hydroxylation sites is 3. The summed E-state index contributed by atoms with van der Waals surface area (Å²) >= 11 is 0. The molecule has 0 N–H and O–H groups in total. The van der Waals surface area contributed by atoms with Crippen LogP contribution in [0.25, 0.3) is 27.5 Å². The second-order valence-electron chi connectivity index (χ2n) is 11.8. The van der Waals surface area contributed by atoms with E-state index in [1.54, 1.807) is 11.3 Å². The molecule has 3 heteroatoms. The Morgan fingerprint density at radius 1 is 0.730 bits per heavy atom. The number of rotatable bonds is 2. The van der Waals surface area contributed by atoms with Gasteiger partial charge < -0.3 is 9.47 Å². The van der Waals surface area contributed by atoms with Crippen molar-refractivity contribution in [2.45, 2.75) is 63.3 Å². The highest BCUT2D eigenvalue weighted by atomic mass is 15.3. The molecular weight excluding hydrogens is 447 g/mol. The van der Waals surface area contributed by atoms with E-state index < -0.39 is 0 Å². The number of benzene rings is 4. The van der Waals surface area contributed by atoms with Gasteiger partial charge in [-0.3, -0.25) is 0 Å². The van der Waals surface area contributed by atoms with Crippen molar-refractivity contribution >= 4 is 56.3 Å². The molecule has 0 radical (unpaired) electrons. The average molecular weight is 478 g/mol. The summed E-state index contributed by atoms with van der Waals surface area (Å²) in [6.07, 6.45) is 7.68. The third kappa shape index (κ3) is 2.06. The van der Waals surface area contributed by atoms with Crippen LogP contribution in [0.1, 0.15) is 57.9 Å². The van der Waals surface area contributed by atoms with Gasteiger partial charge in [-0.05, 0) is 65.8 Å².